The summed E-state index contributed by atoms with van der Waals surface area (Å²) in [6, 6.07) is 3.69. The molecule has 7 heteroatoms. The number of carbonyl (C=O) groups is 1. The van der Waals surface area contributed by atoms with Crippen LogP contribution < -0.4 is 0 Å². The van der Waals surface area contributed by atoms with Crippen LogP contribution in [0.4, 0.5) is 0 Å². The van der Waals surface area contributed by atoms with Gasteiger partial charge in [-0.1, -0.05) is 18.7 Å². The van der Waals surface area contributed by atoms with Crippen molar-refractivity contribution in [1.82, 2.24) is 15.2 Å². The van der Waals surface area contributed by atoms with Crippen LogP contribution in [-0.4, -0.2) is 32.0 Å². The summed E-state index contributed by atoms with van der Waals surface area (Å²) in [5.41, 5.74) is 0. The molecular formula is C10H11N3O3S. The number of rotatable bonds is 5. The Labute approximate surface area is 101 Å². The SMILES string of the molecule is CCc1ccc(-c2nc(SCC(=O)O)n[nH]2)o1. The van der Waals surface area contributed by atoms with Gasteiger partial charge in [-0.25, -0.2) is 0 Å². The third kappa shape index (κ3) is 2.88. The second kappa shape index (κ2) is 5.05. The molecule has 0 fully saturated rings. The van der Waals surface area contributed by atoms with Crippen LogP contribution in [0, 0.1) is 0 Å². The molecule has 2 rings (SSSR count). The molecule has 0 aliphatic rings. The number of nitrogens with zero attached hydrogens (tertiary/aromatic N) is 2. The zero-order chi connectivity index (χ0) is 12.3. The molecular weight excluding hydrogens is 242 g/mol. The van der Waals surface area contributed by atoms with Gasteiger partial charge in [0, 0.05) is 6.42 Å². The minimum atomic E-state index is -0.896. The molecule has 2 aromatic heterocycles. The summed E-state index contributed by atoms with van der Waals surface area (Å²) in [6.45, 7) is 2.00. The van der Waals surface area contributed by atoms with Gasteiger partial charge in [0.15, 0.2) is 11.6 Å². The number of hydrogen-bond donors (Lipinski definition) is 2. The molecule has 2 aromatic rings. The van der Waals surface area contributed by atoms with Crippen LogP contribution in [0.5, 0.6) is 0 Å². The van der Waals surface area contributed by atoms with Crippen LogP contribution >= 0.6 is 11.8 Å². The van der Waals surface area contributed by atoms with E-state index < -0.39 is 5.97 Å². The van der Waals surface area contributed by atoms with Crippen molar-refractivity contribution in [3.63, 3.8) is 0 Å². The van der Waals surface area contributed by atoms with E-state index in [2.05, 4.69) is 15.2 Å². The number of aromatic nitrogens is 3. The maximum absolute atomic E-state index is 10.4. The van der Waals surface area contributed by atoms with Crippen LogP contribution in [0.2, 0.25) is 0 Å². The lowest BCUT2D eigenvalue weighted by molar-refractivity contribution is -0.133. The first-order valence-corrected chi connectivity index (χ1v) is 6.03. The highest BCUT2D eigenvalue weighted by atomic mass is 32.2. The van der Waals surface area contributed by atoms with Crippen molar-refractivity contribution in [3.8, 4) is 11.6 Å². The molecule has 17 heavy (non-hydrogen) atoms. The fourth-order valence-electron chi connectivity index (χ4n) is 1.24. The first-order chi connectivity index (χ1) is 8.19. The second-order valence-corrected chi connectivity index (χ2v) is 4.21. The number of carboxylic acid groups (broad SMARTS) is 1. The van der Waals surface area contributed by atoms with Gasteiger partial charge in [-0.15, -0.1) is 5.10 Å². The number of H-pyrrole nitrogens is 1. The van der Waals surface area contributed by atoms with Gasteiger partial charge in [-0.2, -0.15) is 4.98 Å². The van der Waals surface area contributed by atoms with Crippen LogP contribution in [0.15, 0.2) is 21.7 Å². The van der Waals surface area contributed by atoms with Gasteiger partial charge in [0.05, 0.1) is 5.75 Å². The number of aryl methyl sites for hydroxylation is 1. The zero-order valence-corrected chi connectivity index (χ0v) is 9.95. The van der Waals surface area contributed by atoms with Crippen molar-refractivity contribution in [2.24, 2.45) is 0 Å². The molecule has 0 unspecified atom stereocenters. The lowest BCUT2D eigenvalue weighted by Gasteiger charge is -1.89. The third-order valence-corrected chi connectivity index (χ3v) is 2.87. The van der Waals surface area contributed by atoms with Crippen molar-refractivity contribution >= 4 is 17.7 Å². The van der Waals surface area contributed by atoms with E-state index in [1.165, 1.54) is 0 Å². The summed E-state index contributed by atoms with van der Waals surface area (Å²) < 4.78 is 5.50. The number of thioether (sulfide) groups is 1. The van der Waals surface area contributed by atoms with Gasteiger partial charge in [-0.3, -0.25) is 9.89 Å². The molecule has 0 saturated carbocycles. The minimum Gasteiger partial charge on any atom is -0.481 e. The van der Waals surface area contributed by atoms with Crippen LogP contribution in [0.25, 0.3) is 11.6 Å². The van der Waals surface area contributed by atoms with Crippen molar-refractivity contribution in [2.75, 3.05) is 5.75 Å². The average Bonchev–Trinajstić information content (AvgIpc) is 2.94. The fourth-order valence-corrected chi connectivity index (χ4v) is 1.76. The summed E-state index contributed by atoms with van der Waals surface area (Å²) in [4.78, 5) is 14.5. The molecule has 6 nitrogen and oxygen atoms in total. The van der Waals surface area contributed by atoms with E-state index in [1.807, 2.05) is 19.1 Å². The van der Waals surface area contributed by atoms with Gasteiger partial charge in [0.2, 0.25) is 5.16 Å². The molecule has 0 spiro atoms. The number of aliphatic carboxylic acids is 1. The summed E-state index contributed by atoms with van der Waals surface area (Å²) in [5, 5.41) is 15.5. The van der Waals surface area contributed by atoms with Crippen molar-refractivity contribution in [1.29, 1.82) is 0 Å². The van der Waals surface area contributed by atoms with E-state index in [0.29, 0.717) is 16.7 Å². The lowest BCUT2D eigenvalue weighted by atomic mass is 10.3. The van der Waals surface area contributed by atoms with Crippen LogP contribution in [0.1, 0.15) is 12.7 Å². The van der Waals surface area contributed by atoms with Crippen molar-refractivity contribution in [3.05, 3.63) is 17.9 Å². The Balaban J connectivity index is 2.09. The fraction of sp³-hybridized carbons (Fsp3) is 0.300. The maximum atomic E-state index is 10.4. The lowest BCUT2D eigenvalue weighted by Crippen LogP contribution is -1.97. The van der Waals surface area contributed by atoms with E-state index in [-0.39, 0.29) is 5.75 Å². The third-order valence-electron chi connectivity index (χ3n) is 2.03. The molecule has 0 aliphatic heterocycles. The number of aromatic amines is 1. The molecule has 0 aliphatic carbocycles. The largest absolute Gasteiger partial charge is 0.481 e. The molecule has 0 radical (unpaired) electrons. The Morgan fingerprint density at radius 1 is 1.59 bits per heavy atom. The van der Waals surface area contributed by atoms with Gasteiger partial charge >= 0.3 is 5.97 Å². The first kappa shape index (κ1) is 11.7. The highest BCUT2D eigenvalue weighted by Gasteiger charge is 2.10. The smallest absolute Gasteiger partial charge is 0.313 e. The van der Waals surface area contributed by atoms with Crippen molar-refractivity contribution in [2.45, 2.75) is 18.5 Å². The molecule has 90 valence electrons. The number of carboxylic acids is 1. The van der Waals surface area contributed by atoms with Crippen LogP contribution in [-0.2, 0) is 11.2 Å². The summed E-state index contributed by atoms with van der Waals surface area (Å²) in [6.07, 6.45) is 0.814. The highest BCUT2D eigenvalue weighted by molar-refractivity contribution is 7.99. The van der Waals surface area contributed by atoms with E-state index in [9.17, 15) is 4.79 Å². The van der Waals surface area contributed by atoms with E-state index in [4.69, 9.17) is 9.52 Å². The number of hydrogen-bond acceptors (Lipinski definition) is 5. The summed E-state index contributed by atoms with van der Waals surface area (Å²) in [7, 11) is 0. The van der Waals surface area contributed by atoms with E-state index >= 15 is 0 Å². The van der Waals surface area contributed by atoms with Gasteiger partial charge in [0.1, 0.15) is 5.76 Å². The molecule has 2 heterocycles. The average molecular weight is 253 g/mol. The summed E-state index contributed by atoms with van der Waals surface area (Å²) in [5.74, 6) is 1.04. The van der Waals surface area contributed by atoms with E-state index in [0.717, 1.165) is 23.9 Å². The molecule has 2 N–H and O–H groups in total. The second-order valence-electron chi connectivity index (χ2n) is 3.27. The Kier molecular flexibility index (Phi) is 3.48. The van der Waals surface area contributed by atoms with Gasteiger partial charge in [-0.05, 0) is 12.1 Å². The Bertz CT molecular complexity index is 520. The number of nitrogens with one attached hydrogen (secondary N) is 1. The molecule has 0 bridgehead atoms. The van der Waals surface area contributed by atoms with Gasteiger partial charge < -0.3 is 9.52 Å². The Morgan fingerprint density at radius 3 is 3.06 bits per heavy atom. The normalized spacial score (nSPS) is 10.6. The predicted octanol–water partition coefficient (Wildman–Crippen LogP) is 1.80. The number of furan rings is 1. The Hall–Kier alpha value is -1.76. The Morgan fingerprint density at radius 2 is 2.41 bits per heavy atom. The van der Waals surface area contributed by atoms with Crippen LogP contribution in [0.3, 0.4) is 0 Å². The topological polar surface area (TPSA) is 92.0 Å². The first-order valence-electron chi connectivity index (χ1n) is 5.05. The van der Waals surface area contributed by atoms with Crippen molar-refractivity contribution < 1.29 is 14.3 Å². The zero-order valence-electron chi connectivity index (χ0n) is 9.14. The monoisotopic (exact) mass is 253 g/mol. The quantitative estimate of drug-likeness (QED) is 0.789. The minimum absolute atomic E-state index is 0.0599. The maximum Gasteiger partial charge on any atom is 0.313 e. The standard InChI is InChI=1S/C10H11N3O3S/c1-2-6-3-4-7(16-6)9-11-10(13-12-9)17-5-8(14)15/h3-4H,2,5H2,1H3,(H,14,15)(H,11,12,13). The molecule has 0 saturated heterocycles. The van der Waals surface area contributed by atoms with E-state index in [1.54, 1.807) is 0 Å². The highest BCUT2D eigenvalue weighted by Crippen LogP contribution is 2.21. The predicted molar refractivity (Wildman–Crippen MR) is 61.8 cm³/mol. The molecule has 0 atom stereocenters. The summed E-state index contributed by atoms with van der Waals surface area (Å²) >= 11 is 1.06. The molecule has 0 amide bonds. The van der Waals surface area contributed by atoms with Gasteiger partial charge in [0.25, 0.3) is 0 Å². The molecule has 0 aromatic carbocycles.